The summed E-state index contributed by atoms with van der Waals surface area (Å²) in [5.74, 6) is 1.81. The van der Waals surface area contributed by atoms with Crippen LogP contribution in [0.4, 0.5) is 0 Å². The molecule has 2 aromatic carbocycles. The van der Waals surface area contributed by atoms with Gasteiger partial charge in [0.1, 0.15) is 6.10 Å². The molecule has 1 saturated heterocycles. The third kappa shape index (κ3) is 3.29. The Morgan fingerprint density at radius 2 is 2.05 bits per heavy atom. The third-order valence-corrected chi connectivity index (χ3v) is 10.6. The van der Waals surface area contributed by atoms with Crippen molar-refractivity contribution < 1.29 is 14.6 Å². The van der Waals surface area contributed by atoms with E-state index in [1.807, 2.05) is 36.2 Å². The van der Waals surface area contributed by atoms with Crippen molar-refractivity contribution in [1.29, 1.82) is 0 Å². The zero-order valence-corrected chi connectivity index (χ0v) is 22.2. The summed E-state index contributed by atoms with van der Waals surface area (Å²) < 4.78 is 6.78. The number of hydrogen-bond acceptors (Lipinski definition) is 4. The van der Waals surface area contributed by atoms with Crippen LogP contribution in [0.3, 0.4) is 0 Å². The number of rotatable bonds is 5. The van der Waals surface area contributed by atoms with E-state index in [1.165, 1.54) is 36.1 Å². The molecular formula is C32H38N2O3. The number of ether oxygens (including phenoxy) is 1. The molecule has 3 fully saturated rings. The van der Waals surface area contributed by atoms with Gasteiger partial charge >= 0.3 is 0 Å². The highest BCUT2D eigenvalue weighted by Gasteiger charge is 2.71. The predicted molar refractivity (Wildman–Crippen MR) is 145 cm³/mol. The van der Waals surface area contributed by atoms with E-state index in [1.54, 1.807) is 6.08 Å². The van der Waals surface area contributed by atoms with Crippen LogP contribution in [0.5, 0.6) is 11.5 Å². The molecule has 0 radical (unpaired) electrons. The Labute approximate surface area is 220 Å². The minimum absolute atomic E-state index is 0.00837. The van der Waals surface area contributed by atoms with Crippen LogP contribution in [0.2, 0.25) is 0 Å². The first-order valence-electron chi connectivity index (χ1n) is 14.1. The molecule has 1 spiro atoms. The Balaban J connectivity index is 1.25. The number of benzene rings is 2. The molecule has 5 nitrogen and oxygen atoms in total. The van der Waals surface area contributed by atoms with Crippen LogP contribution in [-0.2, 0) is 16.6 Å². The molecule has 1 amide bonds. The second-order valence-corrected chi connectivity index (χ2v) is 12.6. The molecule has 2 saturated carbocycles. The lowest BCUT2D eigenvalue weighted by atomic mass is 9.43. The van der Waals surface area contributed by atoms with Gasteiger partial charge in [0.25, 0.3) is 0 Å². The van der Waals surface area contributed by atoms with Gasteiger partial charge in [0.2, 0.25) is 5.91 Å². The van der Waals surface area contributed by atoms with Gasteiger partial charge in [-0.3, -0.25) is 9.69 Å². The van der Waals surface area contributed by atoms with Crippen LogP contribution in [0.15, 0.2) is 42.5 Å². The van der Waals surface area contributed by atoms with Crippen molar-refractivity contribution in [2.24, 2.45) is 11.3 Å². The lowest BCUT2D eigenvalue weighted by Gasteiger charge is -2.66. The summed E-state index contributed by atoms with van der Waals surface area (Å²) in [5.41, 5.74) is 4.71. The number of likely N-dealkylation sites (tertiary alicyclic amines) is 1. The summed E-state index contributed by atoms with van der Waals surface area (Å²) in [5, 5.41) is 10.9. The van der Waals surface area contributed by atoms with Crippen LogP contribution >= 0.6 is 0 Å². The Morgan fingerprint density at radius 3 is 2.84 bits per heavy atom. The van der Waals surface area contributed by atoms with E-state index in [9.17, 15) is 9.90 Å². The van der Waals surface area contributed by atoms with Crippen molar-refractivity contribution in [1.82, 2.24) is 9.80 Å². The number of piperidine rings is 1. The topological polar surface area (TPSA) is 53.0 Å². The van der Waals surface area contributed by atoms with Crippen molar-refractivity contribution >= 4 is 12.0 Å². The molecule has 194 valence electrons. The van der Waals surface area contributed by atoms with Crippen LogP contribution in [0.25, 0.3) is 6.08 Å². The minimum atomic E-state index is -0.170. The standard InChI is InChI=1S/C32H38N2O3/c1-20-5-4-6-21(17-20)9-12-27(36)33(3)24-13-14-31(2)26-18-23-10-11-25(35)29-28(23)32(31,30(24)37-29)15-16-34(26)19-22-7-8-22/h4-6,9-12,17,22,24,26,30,35H,7-8,13-16,18-19H2,1-3H3/b12-9+/t24?,26-,30?,31+,32+/m1/s1. The van der Waals surface area contributed by atoms with Crippen molar-refractivity contribution in [2.75, 3.05) is 20.1 Å². The van der Waals surface area contributed by atoms with Crippen LogP contribution in [0.1, 0.15) is 61.3 Å². The lowest BCUT2D eigenvalue weighted by Crippen LogP contribution is -2.73. The first-order valence-corrected chi connectivity index (χ1v) is 14.1. The molecule has 2 heterocycles. The van der Waals surface area contributed by atoms with Crippen molar-refractivity contribution in [3.63, 3.8) is 0 Å². The number of phenols is 1. The fraction of sp³-hybridized carbons (Fsp3) is 0.531. The highest BCUT2D eigenvalue weighted by Crippen LogP contribution is 2.69. The van der Waals surface area contributed by atoms with Crippen LogP contribution < -0.4 is 4.74 Å². The monoisotopic (exact) mass is 498 g/mol. The number of carbonyl (C=O) groups is 1. The summed E-state index contributed by atoms with van der Waals surface area (Å²) >= 11 is 0. The van der Waals surface area contributed by atoms with Crippen LogP contribution in [-0.4, -0.2) is 59.1 Å². The summed E-state index contributed by atoms with van der Waals surface area (Å²) in [7, 11) is 1.93. The first-order chi connectivity index (χ1) is 17.8. The maximum absolute atomic E-state index is 13.4. The van der Waals surface area contributed by atoms with Gasteiger partial charge < -0.3 is 14.7 Å². The van der Waals surface area contributed by atoms with Gasteiger partial charge in [0.15, 0.2) is 11.5 Å². The number of amides is 1. The number of aryl methyl sites for hydroxylation is 1. The normalized spacial score (nSPS) is 33.8. The van der Waals surface area contributed by atoms with E-state index in [-0.39, 0.29) is 34.6 Å². The van der Waals surface area contributed by atoms with Gasteiger partial charge in [0.05, 0.1) is 6.04 Å². The third-order valence-electron chi connectivity index (χ3n) is 10.6. The minimum Gasteiger partial charge on any atom is -0.504 e. The molecule has 0 aromatic heterocycles. The fourth-order valence-electron chi connectivity index (χ4n) is 8.53. The summed E-state index contributed by atoms with van der Waals surface area (Å²) in [4.78, 5) is 18.1. The number of likely N-dealkylation sites (N-methyl/N-ethyl adjacent to an activating group) is 1. The highest BCUT2D eigenvalue weighted by molar-refractivity contribution is 5.92. The molecule has 5 heteroatoms. The smallest absolute Gasteiger partial charge is 0.246 e. The Bertz CT molecular complexity index is 1300. The molecule has 2 aromatic rings. The number of aromatic hydroxyl groups is 1. The van der Waals surface area contributed by atoms with E-state index >= 15 is 0 Å². The Hall–Kier alpha value is -2.79. The molecule has 2 unspecified atom stereocenters. The SMILES string of the molecule is Cc1cccc(/C=C/C(=O)N(C)C2CC[C@@]3(C)[C@H]4Cc5ccc(O)c6c5[C@@]3(CCN4CC3CC3)C2O6)c1. The molecule has 37 heavy (non-hydrogen) atoms. The van der Waals surface area contributed by atoms with E-state index < -0.39 is 0 Å². The average Bonchev–Trinajstić information content (AvgIpc) is 3.62. The van der Waals surface area contributed by atoms with Crippen LogP contribution in [0, 0.1) is 18.3 Å². The van der Waals surface area contributed by atoms with E-state index in [0.717, 1.165) is 43.7 Å². The second-order valence-electron chi connectivity index (χ2n) is 12.6. The van der Waals surface area contributed by atoms with E-state index in [0.29, 0.717) is 11.8 Å². The van der Waals surface area contributed by atoms with E-state index in [2.05, 4.69) is 36.9 Å². The van der Waals surface area contributed by atoms with Crippen molar-refractivity contribution in [2.45, 2.75) is 76.0 Å². The van der Waals surface area contributed by atoms with Crippen molar-refractivity contribution in [3.05, 3.63) is 64.7 Å². The molecule has 7 rings (SSSR count). The number of phenolic OH excluding ortho intramolecular Hbond substituents is 1. The molecule has 5 aliphatic rings. The zero-order valence-electron chi connectivity index (χ0n) is 22.2. The van der Waals surface area contributed by atoms with Gasteiger partial charge in [0, 0.05) is 36.7 Å². The second kappa shape index (κ2) is 8.10. The quantitative estimate of drug-likeness (QED) is 0.584. The number of hydrogen-bond donors (Lipinski definition) is 1. The highest BCUT2D eigenvalue weighted by atomic mass is 16.5. The van der Waals surface area contributed by atoms with Crippen molar-refractivity contribution in [3.8, 4) is 11.5 Å². The van der Waals surface area contributed by atoms with Gasteiger partial charge in [-0.05, 0) is 86.6 Å². The summed E-state index contributed by atoms with van der Waals surface area (Å²) in [6.07, 6.45) is 10.3. The van der Waals surface area contributed by atoms with Gasteiger partial charge in [-0.15, -0.1) is 0 Å². The first kappa shape index (κ1) is 23.3. The van der Waals surface area contributed by atoms with E-state index in [4.69, 9.17) is 4.74 Å². The molecular weight excluding hydrogens is 460 g/mol. The fourth-order valence-corrected chi connectivity index (χ4v) is 8.53. The molecule has 5 atom stereocenters. The molecule has 3 aliphatic carbocycles. The van der Waals surface area contributed by atoms with Gasteiger partial charge in [-0.2, -0.15) is 0 Å². The van der Waals surface area contributed by atoms with Gasteiger partial charge in [-0.1, -0.05) is 42.8 Å². The van der Waals surface area contributed by atoms with Gasteiger partial charge in [-0.25, -0.2) is 0 Å². The predicted octanol–water partition coefficient (Wildman–Crippen LogP) is 5.08. The Morgan fingerprint density at radius 1 is 1.22 bits per heavy atom. The maximum Gasteiger partial charge on any atom is 0.246 e. The molecule has 1 N–H and O–H groups in total. The summed E-state index contributed by atoms with van der Waals surface area (Å²) in [6, 6.07) is 12.6. The summed E-state index contributed by atoms with van der Waals surface area (Å²) in [6.45, 7) is 6.84. The average molecular weight is 499 g/mol. The molecule has 2 aliphatic heterocycles. The maximum atomic E-state index is 13.4. The largest absolute Gasteiger partial charge is 0.504 e. The lowest BCUT2D eigenvalue weighted by molar-refractivity contribution is -0.150. The number of carbonyl (C=O) groups excluding carboxylic acids is 1. The molecule has 2 bridgehead atoms. The zero-order chi connectivity index (χ0) is 25.5. The Kier molecular flexibility index (Phi) is 5.11. The number of nitrogens with zero attached hydrogens (tertiary/aromatic N) is 2.